The molecule has 210 valence electrons. The maximum absolute atomic E-state index is 12.0. The summed E-state index contributed by atoms with van der Waals surface area (Å²) in [5.41, 5.74) is 6.91. The normalized spacial score (nSPS) is 10.2. The molecule has 4 aromatic rings. The van der Waals surface area contributed by atoms with Crippen molar-refractivity contribution in [2.45, 2.75) is 39.5 Å². The molecular weight excluding hydrogens is 520 g/mol. The summed E-state index contributed by atoms with van der Waals surface area (Å²) in [6.45, 7) is 4.04. The predicted octanol–water partition coefficient (Wildman–Crippen LogP) is 6.30. The highest BCUT2D eigenvalue weighted by Gasteiger charge is 2.12. The number of esters is 1. The highest BCUT2D eigenvalue weighted by Crippen LogP contribution is 2.22. The Balaban J connectivity index is 0.000000226. The Bertz CT molecular complexity index is 1510. The zero-order valence-electron chi connectivity index (χ0n) is 23.3. The molecule has 2 heterocycles. The number of aliphatic carboxylic acids is 1. The van der Waals surface area contributed by atoms with Crippen LogP contribution in [-0.2, 0) is 14.3 Å². The van der Waals surface area contributed by atoms with E-state index in [4.69, 9.17) is 5.11 Å². The van der Waals surface area contributed by atoms with Gasteiger partial charge in [0.25, 0.3) is 0 Å². The topological polar surface area (TPSA) is 124 Å². The lowest BCUT2D eigenvalue weighted by Crippen LogP contribution is -2.07. The van der Waals surface area contributed by atoms with Crippen LogP contribution in [-0.4, -0.2) is 45.7 Å². The van der Waals surface area contributed by atoms with E-state index in [2.05, 4.69) is 14.7 Å². The number of hydrogen-bond acceptors (Lipinski definition) is 7. The molecule has 0 aliphatic heterocycles. The summed E-state index contributed by atoms with van der Waals surface area (Å²) < 4.78 is 4.53. The first-order valence-corrected chi connectivity index (χ1v) is 13.1. The number of carboxylic acids is 1. The van der Waals surface area contributed by atoms with Gasteiger partial charge in [-0.2, -0.15) is 0 Å². The minimum atomic E-state index is -0.979. The molecule has 0 radical (unpaired) electrons. The summed E-state index contributed by atoms with van der Waals surface area (Å²) in [7, 11) is 1.31. The van der Waals surface area contributed by atoms with Gasteiger partial charge in [0.1, 0.15) is 11.4 Å². The number of aromatic nitrogens is 2. The second kappa shape index (κ2) is 15.0. The van der Waals surface area contributed by atoms with Crippen LogP contribution >= 0.6 is 0 Å². The third-order valence-electron chi connectivity index (χ3n) is 6.21. The Hall–Kier alpha value is -4.98. The third kappa shape index (κ3) is 9.61. The van der Waals surface area contributed by atoms with Gasteiger partial charge in [0, 0.05) is 25.2 Å². The number of hydrogen-bond donors (Lipinski definition) is 1. The van der Waals surface area contributed by atoms with E-state index in [1.165, 1.54) is 18.2 Å². The van der Waals surface area contributed by atoms with Crippen LogP contribution in [0.15, 0.2) is 85.2 Å². The fourth-order valence-corrected chi connectivity index (χ4v) is 3.81. The molecule has 2 aromatic heterocycles. The zero-order chi connectivity index (χ0) is 29.8. The molecule has 0 bridgehead atoms. The molecule has 0 spiro atoms. The number of rotatable bonds is 10. The second-order valence-electron chi connectivity index (χ2n) is 9.41. The molecule has 0 amide bonds. The van der Waals surface area contributed by atoms with Crippen molar-refractivity contribution in [2.24, 2.45) is 0 Å². The maximum Gasteiger partial charge on any atom is 0.305 e. The summed E-state index contributed by atoms with van der Waals surface area (Å²) in [6, 6.07) is 23.2. The molecule has 8 nitrogen and oxygen atoms in total. The standard InChI is InChI=1S/C17H17NO3.C16H15NO3/c1-12-3-5-13(6-4-12)14-9-10-18-15(11-14)16(19)7-8-17(20)21-2;1-11-2-4-12(5-3-11)13-8-9-17-14(10-13)15(18)6-7-16(19)20/h3-6,9-11H,7-8H2,1-2H3;2-5,8-10H,6-7H2,1H3,(H,19,20). The average Bonchev–Trinajstić information content (AvgIpc) is 2.99. The van der Waals surface area contributed by atoms with E-state index >= 15 is 0 Å². The molecule has 8 heteroatoms. The lowest BCUT2D eigenvalue weighted by molar-refractivity contribution is -0.140. The first-order chi connectivity index (χ1) is 19.7. The number of methoxy groups -OCH3 is 1. The summed E-state index contributed by atoms with van der Waals surface area (Å²) in [4.78, 5) is 53.6. The highest BCUT2D eigenvalue weighted by atomic mass is 16.5. The minimum absolute atomic E-state index is 0.0281. The van der Waals surface area contributed by atoms with E-state index in [1.54, 1.807) is 24.5 Å². The van der Waals surface area contributed by atoms with E-state index in [9.17, 15) is 19.2 Å². The van der Waals surface area contributed by atoms with Crippen LogP contribution in [0.2, 0.25) is 0 Å². The molecule has 41 heavy (non-hydrogen) atoms. The number of carboxylic acid groups (broad SMARTS) is 1. The van der Waals surface area contributed by atoms with Crippen LogP contribution in [0.1, 0.15) is 57.8 Å². The zero-order valence-corrected chi connectivity index (χ0v) is 23.3. The van der Waals surface area contributed by atoms with Gasteiger partial charge >= 0.3 is 11.9 Å². The van der Waals surface area contributed by atoms with Crippen LogP contribution in [0, 0.1) is 13.8 Å². The lowest BCUT2D eigenvalue weighted by Gasteiger charge is -2.05. The number of benzene rings is 2. The van der Waals surface area contributed by atoms with Gasteiger partial charge < -0.3 is 9.84 Å². The number of carbonyl (C=O) groups excluding carboxylic acids is 3. The van der Waals surface area contributed by atoms with Gasteiger partial charge in [-0.05, 0) is 60.4 Å². The van der Waals surface area contributed by atoms with Crippen LogP contribution in [0.3, 0.4) is 0 Å². The van der Waals surface area contributed by atoms with Crippen molar-refractivity contribution >= 4 is 23.5 Å². The van der Waals surface area contributed by atoms with E-state index in [1.807, 2.05) is 74.5 Å². The van der Waals surface area contributed by atoms with Crippen LogP contribution in [0.5, 0.6) is 0 Å². The summed E-state index contributed by atoms with van der Waals surface area (Å²) in [6.07, 6.45) is 3.17. The molecule has 0 saturated heterocycles. The van der Waals surface area contributed by atoms with Crippen LogP contribution in [0.4, 0.5) is 0 Å². The van der Waals surface area contributed by atoms with Gasteiger partial charge in [-0.1, -0.05) is 59.7 Å². The van der Waals surface area contributed by atoms with Gasteiger partial charge in [0.05, 0.1) is 20.0 Å². The maximum atomic E-state index is 12.0. The van der Waals surface area contributed by atoms with Crippen molar-refractivity contribution < 1.29 is 29.0 Å². The highest BCUT2D eigenvalue weighted by molar-refractivity contribution is 5.97. The summed E-state index contributed by atoms with van der Waals surface area (Å²) >= 11 is 0. The van der Waals surface area contributed by atoms with Gasteiger partial charge in [-0.25, -0.2) is 0 Å². The molecule has 0 aliphatic rings. The second-order valence-corrected chi connectivity index (χ2v) is 9.41. The summed E-state index contributed by atoms with van der Waals surface area (Å²) in [5.74, 6) is -1.78. The molecule has 2 aromatic carbocycles. The van der Waals surface area contributed by atoms with Crippen molar-refractivity contribution in [1.82, 2.24) is 9.97 Å². The molecule has 0 unspecified atom stereocenters. The largest absolute Gasteiger partial charge is 0.481 e. The van der Waals surface area contributed by atoms with E-state index in [0.29, 0.717) is 11.4 Å². The molecule has 0 fully saturated rings. The number of ether oxygens (including phenoxy) is 1. The van der Waals surface area contributed by atoms with E-state index in [-0.39, 0.29) is 37.2 Å². The number of carbonyl (C=O) groups is 4. The van der Waals surface area contributed by atoms with Crippen molar-refractivity contribution in [3.05, 3.63) is 108 Å². The minimum Gasteiger partial charge on any atom is -0.481 e. The first-order valence-electron chi connectivity index (χ1n) is 13.1. The molecule has 0 atom stereocenters. The smallest absolute Gasteiger partial charge is 0.305 e. The first kappa shape index (κ1) is 30.6. The number of nitrogens with zero attached hydrogens (tertiary/aromatic N) is 2. The van der Waals surface area contributed by atoms with Gasteiger partial charge in [0.2, 0.25) is 0 Å². The SMILES string of the molecule is COC(=O)CCC(=O)c1cc(-c2ccc(C)cc2)ccn1.Cc1ccc(-c2ccnc(C(=O)CCC(=O)O)c2)cc1. The van der Waals surface area contributed by atoms with Crippen LogP contribution < -0.4 is 0 Å². The Morgan fingerprint density at radius 1 is 0.610 bits per heavy atom. The quantitative estimate of drug-likeness (QED) is 0.180. The fourth-order valence-electron chi connectivity index (χ4n) is 3.81. The predicted molar refractivity (Wildman–Crippen MR) is 156 cm³/mol. The van der Waals surface area contributed by atoms with Crippen molar-refractivity contribution in [1.29, 1.82) is 0 Å². The Morgan fingerprint density at radius 2 is 1.02 bits per heavy atom. The number of Topliss-reactive ketones (excluding diaryl/α,β-unsaturated/α-hetero) is 2. The average molecular weight is 553 g/mol. The van der Waals surface area contributed by atoms with Crippen molar-refractivity contribution in [2.75, 3.05) is 7.11 Å². The Kier molecular flexibility index (Phi) is 11.2. The number of aryl methyl sites for hydroxylation is 2. The molecule has 0 saturated carbocycles. The molecule has 1 N–H and O–H groups in total. The molecular formula is C33H32N2O6. The van der Waals surface area contributed by atoms with E-state index < -0.39 is 11.9 Å². The monoisotopic (exact) mass is 552 g/mol. The van der Waals surface area contributed by atoms with Gasteiger partial charge in [-0.3, -0.25) is 29.1 Å². The Morgan fingerprint density at radius 3 is 1.41 bits per heavy atom. The Labute approximate surface area is 239 Å². The molecule has 0 aliphatic carbocycles. The number of ketones is 2. The van der Waals surface area contributed by atoms with Crippen LogP contribution in [0.25, 0.3) is 22.3 Å². The van der Waals surface area contributed by atoms with Crippen molar-refractivity contribution in [3.8, 4) is 22.3 Å². The van der Waals surface area contributed by atoms with Gasteiger partial charge in [-0.15, -0.1) is 0 Å². The summed E-state index contributed by atoms with van der Waals surface area (Å²) in [5, 5.41) is 8.60. The van der Waals surface area contributed by atoms with E-state index in [0.717, 1.165) is 22.3 Å². The fraction of sp³-hybridized carbons (Fsp3) is 0.212. The van der Waals surface area contributed by atoms with Crippen molar-refractivity contribution in [3.63, 3.8) is 0 Å². The molecule has 4 rings (SSSR count). The lowest BCUT2D eigenvalue weighted by atomic mass is 10.0. The van der Waals surface area contributed by atoms with Gasteiger partial charge in [0.15, 0.2) is 11.6 Å². The third-order valence-corrected chi connectivity index (χ3v) is 6.21. The number of pyridine rings is 2.